The van der Waals surface area contributed by atoms with Crippen molar-refractivity contribution in [2.24, 2.45) is 11.3 Å². The van der Waals surface area contributed by atoms with E-state index in [0.717, 1.165) is 6.42 Å². The zero-order valence-corrected chi connectivity index (χ0v) is 12.0. The molecule has 18 heavy (non-hydrogen) atoms. The average molecular weight is 252 g/mol. The number of hydrogen-bond acceptors (Lipinski definition) is 3. The predicted octanol–water partition coefficient (Wildman–Crippen LogP) is 3.09. The first kappa shape index (κ1) is 13.6. The molecule has 0 aromatic carbocycles. The van der Waals surface area contributed by atoms with Gasteiger partial charge in [0.05, 0.1) is 11.7 Å². The molecule has 3 heteroatoms. The van der Waals surface area contributed by atoms with Crippen LogP contribution in [0.3, 0.4) is 0 Å². The zero-order chi connectivity index (χ0) is 13.6. The van der Waals surface area contributed by atoms with Crippen molar-refractivity contribution >= 4 is 5.97 Å². The highest BCUT2D eigenvalue weighted by atomic mass is 16.6. The molecule has 0 aromatic rings. The van der Waals surface area contributed by atoms with Gasteiger partial charge in [-0.05, 0) is 38.2 Å². The van der Waals surface area contributed by atoms with Gasteiger partial charge in [0.15, 0.2) is 0 Å². The lowest BCUT2D eigenvalue weighted by Crippen LogP contribution is -2.39. The third-order valence-electron chi connectivity index (χ3n) is 4.42. The van der Waals surface area contributed by atoms with E-state index in [1.54, 1.807) is 0 Å². The van der Waals surface area contributed by atoms with Gasteiger partial charge in [0.25, 0.3) is 0 Å². The molecule has 1 aliphatic carbocycles. The van der Waals surface area contributed by atoms with E-state index in [1.807, 2.05) is 13.0 Å². The minimum atomic E-state index is -0.234. The van der Waals surface area contributed by atoms with Crippen LogP contribution in [0.5, 0.6) is 0 Å². The number of ether oxygens (including phenoxy) is 2. The van der Waals surface area contributed by atoms with Crippen LogP contribution in [0, 0.1) is 11.3 Å². The van der Waals surface area contributed by atoms with Crippen LogP contribution in [0.1, 0.15) is 47.5 Å². The number of rotatable bonds is 3. The first-order valence-electron chi connectivity index (χ1n) is 6.79. The Hall–Kier alpha value is -0.830. The van der Waals surface area contributed by atoms with E-state index in [0.29, 0.717) is 12.0 Å². The van der Waals surface area contributed by atoms with E-state index in [1.165, 1.54) is 13.3 Å². The molecule has 0 unspecified atom stereocenters. The Balaban J connectivity index is 2.06. The lowest BCUT2D eigenvalue weighted by atomic mass is 9.64. The number of carbonyl (C=O) groups excluding carboxylic acids is 1. The van der Waals surface area contributed by atoms with Crippen molar-refractivity contribution in [3.05, 3.63) is 12.2 Å². The molecule has 0 aromatic heterocycles. The van der Waals surface area contributed by atoms with Crippen LogP contribution >= 0.6 is 0 Å². The normalized spacial score (nSPS) is 39.2. The second-order valence-electron chi connectivity index (χ2n) is 6.49. The number of fused-ring (bicyclic) bond motifs is 1. The Morgan fingerprint density at radius 2 is 2.11 bits per heavy atom. The molecule has 1 aliphatic heterocycles. The second kappa shape index (κ2) is 4.37. The van der Waals surface area contributed by atoms with Crippen molar-refractivity contribution in [3.63, 3.8) is 0 Å². The van der Waals surface area contributed by atoms with E-state index in [9.17, 15) is 4.79 Å². The van der Waals surface area contributed by atoms with Gasteiger partial charge in [0, 0.05) is 12.8 Å². The molecule has 2 aliphatic rings. The predicted molar refractivity (Wildman–Crippen MR) is 70.2 cm³/mol. The first-order chi connectivity index (χ1) is 8.25. The Labute approximate surface area is 110 Å². The third kappa shape index (κ3) is 2.46. The van der Waals surface area contributed by atoms with Crippen molar-refractivity contribution in [3.8, 4) is 0 Å². The van der Waals surface area contributed by atoms with E-state index in [-0.39, 0.29) is 23.1 Å². The Bertz CT molecular complexity index is 367. The third-order valence-corrected chi connectivity index (χ3v) is 4.42. The number of hydrogen-bond donors (Lipinski definition) is 0. The molecule has 0 amide bonds. The summed E-state index contributed by atoms with van der Waals surface area (Å²) in [4.78, 5) is 10.9. The highest BCUT2D eigenvalue weighted by molar-refractivity contribution is 5.66. The van der Waals surface area contributed by atoms with Crippen molar-refractivity contribution in [1.82, 2.24) is 0 Å². The first-order valence-corrected chi connectivity index (χ1v) is 6.79. The molecule has 0 N–H and O–H groups in total. The Morgan fingerprint density at radius 1 is 1.44 bits per heavy atom. The summed E-state index contributed by atoms with van der Waals surface area (Å²) in [5.41, 5.74) is 0.238. The standard InChI is InChI=1S/C15H24O3/c1-10(17-11(2)16)6-7-12-14(3,4)9-8-13-15(12,5)18-13/h6-7,10,12-13H,8-9H2,1-5H3/b7-6+/t10-,12+,13-,15+/m1/s1. The van der Waals surface area contributed by atoms with Crippen LogP contribution < -0.4 is 0 Å². The SMILES string of the molecule is CC(=O)O[C@H](C)/C=C/[C@H]1C(C)(C)CC[C@H]2O[C@]21C. The number of esters is 1. The lowest BCUT2D eigenvalue weighted by molar-refractivity contribution is -0.143. The molecule has 1 heterocycles. The van der Waals surface area contributed by atoms with Gasteiger partial charge in [-0.2, -0.15) is 0 Å². The summed E-state index contributed by atoms with van der Waals surface area (Å²) in [6.45, 7) is 10.1. The fourth-order valence-electron chi connectivity index (χ4n) is 3.35. The molecule has 2 fully saturated rings. The van der Waals surface area contributed by atoms with Crippen LogP contribution in [-0.2, 0) is 14.3 Å². The van der Waals surface area contributed by atoms with Crippen LogP contribution in [-0.4, -0.2) is 23.8 Å². The van der Waals surface area contributed by atoms with Gasteiger partial charge in [-0.3, -0.25) is 4.79 Å². The van der Waals surface area contributed by atoms with Crippen molar-refractivity contribution < 1.29 is 14.3 Å². The minimum absolute atomic E-state index is 0.00576. The molecule has 2 rings (SSSR count). The van der Waals surface area contributed by atoms with Crippen LogP contribution in [0.2, 0.25) is 0 Å². The van der Waals surface area contributed by atoms with Gasteiger partial charge in [0.2, 0.25) is 0 Å². The van der Waals surface area contributed by atoms with Gasteiger partial charge in [-0.1, -0.05) is 19.9 Å². The second-order valence-corrected chi connectivity index (χ2v) is 6.49. The molecule has 102 valence electrons. The van der Waals surface area contributed by atoms with Gasteiger partial charge in [0.1, 0.15) is 6.10 Å². The summed E-state index contributed by atoms with van der Waals surface area (Å²) in [5, 5.41) is 0. The molecule has 0 bridgehead atoms. The highest BCUT2D eigenvalue weighted by Crippen LogP contribution is 2.58. The molecule has 1 saturated carbocycles. The van der Waals surface area contributed by atoms with E-state index in [4.69, 9.17) is 9.47 Å². The maximum Gasteiger partial charge on any atom is 0.303 e. The lowest BCUT2D eigenvalue weighted by Gasteiger charge is -2.38. The largest absolute Gasteiger partial charge is 0.459 e. The smallest absolute Gasteiger partial charge is 0.303 e. The van der Waals surface area contributed by atoms with Gasteiger partial charge < -0.3 is 9.47 Å². The maximum absolute atomic E-state index is 10.9. The van der Waals surface area contributed by atoms with Crippen molar-refractivity contribution in [1.29, 1.82) is 0 Å². The topological polar surface area (TPSA) is 38.8 Å². The number of epoxide rings is 1. The molecule has 3 nitrogen and oxygen atoms in total. The molecular weight excluding hydrogens is 228 g/mol. The fraction of sp³-hybridized carbons (Fsp3) is 0.800. The summed E-state index contributed by atoms with van der Waals surface area (Å²) in [6, 6.07) is 0. The summed E-state index contributed by atoms with van der Waals surface area (Å²) in [5.74, 6) is 0.156. The fourth-order valence-corrected chi connectivity index (χ4v) is 3.35. The van der Waals surface area contributed by atoms with Gasteiger partial charge >= 0.3 is 5.97 Å². The molecule has 0 spiro atoms. The Morgan fingerprint density at radius 3 is 2.72 bits per heavy atom. The van der Waals surface area contributed by atoms with Gasteiger partial charge in [-0.25, -0.2) is 0 Å². The Kier molecular flexibility index (Phi) is 3.30. The highest BCUT2D eigenvalue weighted by Gasteiger charge is 2.63. The maximum atomic E-state index is 10.9. The minimum Gasteiger partial charge on any atom is -0.459 e. The van der Waals surface area contributed by atoms with Crippen molar-refractivity contribution in [2.75, 3.05) is 0 Å². The van der Waals surface area contributed by atoms with E-state index in [2.05, 4.69) is 26.8 Å². The quantitative estimate of drug-likeness (QED) is 0.440. The van der Waals surface area contributed by atoms with Crippen LogP contribution in [0.15, 0.2) is 12.2 Å². The summed E-state index contributed by atoms with van der Waals surface area (Å²) in [7, 11) is 0. The van der Waals surface area contributed by atoms with Crippen LogP contribution in [0.25, 0.3) is 0 Å². The molecular formula is C15H24O3. The molecule has 1 saturated heterocycles. The summed E-state index contributed by atoms with van der Waals surface area (Å²) in [6.07, 6.45) is 6.78. The van der Waals surface area contributed by atoms with E-state index < -0.39 is 0 Å². The summed E-state index contributed by atoms with van der Waals surface area (Å²) < 4.78 is 11.0. The average Bonchev–Trinajstić information content (AvgIpc) is 2.86. The van der Waals surface area contributed by atoms with E-state index >= 15 is 0 Å². The molecule has 0 radical (unpaired) electrons. The summed E-state index contributed by atoms with van der Waals surface area (Å²) >= 11 is 0. The van der Waals surface area contributed by atoms with Crippen LogP contribution in [0.4, 0.5) is 0 Å². The monoisotopic (exact) mass is 252 g/mol. The zero-order valence-electron chi connectivity index (χ0n) is 12.0. The van der Waals surface area contributed by atoms with Crippen molar-refractivity contribution in [2.45, 2.75) is 65.3 Å². The number of carbonyl (C=O) groups is 1. The molecule has 4 atom stereocenters. The van der Waals surface area contributed by atoms with Gasteiger partial charge in [-0.15, -0.1) is 0 Å².